The standard InChI is InChI=1S/C18H14FN5OS/c1-11(17(25)21-13-8-6-12(10-20)7-9-13)26-18-22-16(23-24-18)14-4-2-3-5-15(14)19/h2-9,11H,1H3,(H,21,25)(H,22,23,24)/t11-/m0/s1. The first kappa shape index (κ1) is 17.6. The predicted molar refractivity (Wildman–Crippen MR) is 96.9 cm³/mol. The summed E-state index contributed by atoms with van der Waals surface area (Å²) in [6.07, 6.45) is 0. The zero-order valence-electron chi connectivity index (χ0n) is 13.7. The highest BCUT2D eigenvalue weighted by molar-refractivity contribution is 8.00. The lowest BCUT2D eigenvalue weighted by molar-refractivity contribution is -0.115. The van der Waals surface area contributed by atoms with Gasteiger partial charge in [0.2, 0.25) is 11.1 Å². The van der Waals surface area contributed by atoms with Crippen LogP contribution < -0.4 is 5.32 Å². The van der Waals surface area contributed by atoms with Gasteiger partial charge in [-0.3, -0.25) is 9.89 Å². The van der Waals surface area contributed by atoms with Crippen LogP contribution in [0.5, 0.6) is 0 Å². The minimum Gasteiger partial charge on any atom is -0.325 e. The Hall–Kier alpha value is -3.18. The number of H-pyrrole nitrogens is 1. The second-order valence-electron chi connectivity index (χ2n) is 5.38. The summed E-state index contributed by atoms with van der Waals surface area (Å²) >= 11 is 1.16. The minimum atomic E-state index is -0.463. The van der Waals surface area contributed by atoms with Gasteiger partial charge in [-0.15, -0.1) is 5.10 Å². The van der Waals surface area contributed by atoms with Crippen LogP contribution in [0.25, 0.3) is 11.4 Å². The molecule has 1 atom stereocenters. The molecule has 2 aromatic carbocycles. The summed E-state index contributed by atoms with van der Waals surface area (Å²) in [5, 5.41) is 18.2. The number of nitrogens with zero attached hydrogens (tertiary/aromatic N) is 3. The van der Waals surface area contributed by atoms with Gasteiger partial charge in [-0.25, -0.2) is 9.37 Å². The van der Waals surface area contributed by atoms with Crippen molar-refractivity contribution >= 4 is 23.4 Å². The van der Waals surface area contributed by atoms with Gasteiger partial charge >= 0.3 is 0 Å². The minimum absolute atomic E-state index is 0.225. The second kappa shape index (κ2) is 7.80. The van der Waals surface area contributed by atoms with E-state index in [0.717, 1.165) is 11.8 Å². The van der Waals surface area contributed by atoms with Crippen LogP contribution in [-0.2, 0) is 4.79 Å². The summed E-state index contributed by atoms with van der Waals surface area (Å²) < 4.78 is 13.8. The van der Waals surface area contributed by atoms with E-state index in [1.54, 1.807) is 49.4 Å². The van der Waals surface area contributed by atoms with Gasteiger partial charge in [0, 0.05) is 5.69 Å². The molecule has 1 aromatic heterocycles. The Kier molecular flexibility index (Phi) is 5.29. The molecule has 2 N–H and O–H groups in total. The number of benzene rings is 2. The van der Waals surface area contributed by atoms with Gasteiger partial charge in [-0.2, -0.15) is 5.26 Å². The zero-order valence-corrected chi connectivity index (χ0v) is 14.5. The van der Waals surface area contributed by atoms with Gasteiger partial charge in [0.05, 0.1) is 22.4 Å². The molecule has 3 rings (SSSR count). The highest BCUT2D eigenvalue weighted by atomic mass is 32.2. The number of halogens is 1. The maximum atomic E-state index is 13.8. The van der Waals surface area contributed by atoms with E-state index in [1.807, 2.05) is 6.07 Å². The molecule has 0 fully saturated rings. The van der Waals surface area contributed by atoms with E-state index in [0.29, 0.717) is 27.8 Å². The number of hydrogen-bond acceptors (Lipinski definition) is 5. The SMILES string of the molecule is C[C@H](Sc1n[nH]c(-c2ccccc2F)n1)C(=O)Nc1ccc(C#N)cc1. The van der Waals surface area contributed by atoms with Crippen molar-refractivity contribution in [3.8, 4) is 17.5 Å². The molecule has 0 spiro atoms. The highest BCUT2D eigenvalue weighted by Gasteiger charge is 2.18. The predicted octanol–water partition coefficient (Wildman–Crippen LogP) is 3.60. The Balaban J connectivity index is 1.64. The number of anilines is 1. The number of rotatable bonds is 5. The van der Waals surface area contributed by atoms with E-state index in [-0.39, 0.29) is 5.91 Å². The molecule has 1 heterocycles. The largest absolute Gasteiger partial charge is 0.325 e. The van der Waals surface area contributed by atoms with E-state index >= 15 is 0 Å². The van der Waals surface area contributed by atoms with Crippen molar-refractivity contribution in [2.45, 2.75) is 17.3 Å². The van der Waals surface area contributed by atoms with Gasteiger partial charge in [-0.05, 0) is 43.3 Å². The van der Waals surface area contributed by atoms with Crippen LogP contribution in [0, 0.1) is 17.1 Å². The van der Waals surface area contributed by atoms with Gasteiger partial charge in [0.1, 0.15) is 5.82 Å². The Bertz CT molecular complexity index is 964. The van der Waals surface area contributed by atoms with E-state index in [2.05, 4.69) is 20.5 Å². The van der Waals surface area contributed by atoms with E-state index in [4.69, 9.17) is 5.26 Å². The smallest absolute Gasteiger partial charge is 0.237 e. The van der Waals surface area contributed by atoms with Crippen molar-refractivity contribution in [1.29, 1.82) is 5.26 Å². The lowest BCUT2D eigenvalue weighted by Crippen LogP contribution is -2.22. The van der Waals surface area contributed by atoms with Gasteiger partial charge in [-0.1, -0.05) is 23.9 Å². The summed E-state index contributed by atoms with van der Waals surface area (Å²) in [5.74, 6) is -0.311. The van der Waals surface area contributed by atoms with Crippen LogP contribution in [-0.4, -0.2) is 26.3 Å². The normalized spacial score (nSPS) is 11.6. The summed E-state index contributed by atoms with van der Waals surface area (Å²) in [6.45, 7) is 1.72. The molecule has 8 heteroatoms. The molecule has 1 amide bonds. The number of nitrogens with one attached hydrogen (secondary N) is 2. The third-order valence-corrected chi connectivity index (χ3v) is 4.49. The molecule has 130 valence electrons. The molecule has 26 heavy (non-hydrogen) atoms. The number of carbonyl (C=O) groups excluding carboxylic acids is 1. The molecule has 0 bridgehead atoms. The first-order chi connectivity index (χ1) is 12.6. The fourth-order valence-electron chi connectivity index (χ4n) is 2.16. The van der Waals surface area contributed by atoms with E-state index in [9.17, 15) is 9.18 Å². The lowest BCUT2D eigenvalue weighted by atomic mass is 10.2. The topological polar surface area (TPSA) is 94.5 Å². The number of amides is 1. The van der Waals surface area contributed by atoms with Crippen molar-refractivity contribution < 1.29 is 9.18 Å². The van der Waals surface area contributed by atoms with Crippen LogP contribution in [0.4, 0.5) is 10.1 Å². The van der Waals surface area contributed by atoms with Gasteiger partial charge < -0.3 is 5.32 Å². The van der Waals surface area contributed by atoms with Crippen LogP contribution in [0.1, 0.15) is 12.5 Å². The Labute approximate surface area is 153 Å². The maximum Gasteiger partial charge on any atom is 0.237 e. The molecule has 0 saturated carbocycles. The second-order valence-corrected chi connectivity index (χ2v) is 6.69. The van der Waals surface area contributed by atoms with E-state index in [1.165, 1.54) is 6.07 Å². The van der Waals surface area contributed by atoms with Crippen LogP contribution in [0.2, 0.25) is 0 Å². The lowest BCUT2D eigenvalue weighted by Gasteiger charge is -2.10. The number of aromatic amines is 1. The number of nitriles is 1. The van der Waals surface area contributed by atoms with E-state index < -0.39 is 11.1 Å². The summed E-state index contributed by atoms with van der Waals surface area (Å²) in [5.41, 5.74) is 1.44. The molecule has 0 aliphatic heterocycles. The third-order valence-electron chi connectivity index (χ3n) is 3.53. The van der Waals surface area contributed by atoms with Crippen LogP contribution >= 0.6 is 11.8 Å². The van der Waals surface area contributed by atoms with Crippen LogP contribution in [0.15, 0.2) is 53.7 Å². The van der Waals surface area contributed by atoms with Gasteiger partial charge in [0.15, 0.2) is 5.82 Å². The van der Waals surface area contributed by atoms with Crippen molar-refractivity contribution in [2.75, 3.05) is 5.32 Å². The molecule has 0 unspecified atom stereocenters. The average molecular weight is 367 g/mol. The summed E-state index contributed by atoms with van der Waals surface area (Å²) in [6, 6.07) is 14.9. The monoisotopic (exact) mass is 367 g/mol. The maximum absolute atomic E-state index is 13.8. The average Bonchev–Trinajstić information content (AvgIpc) is 3.11. The summed E-state index contributed by atoms with van der Waals surface area (Å²) in [4.78, 5) is 16.5. The molecular formula is C18H14FN5OS. The molecule has 3 aromatic rings. The fourth-order valence-corrected chi connectivity index (χ4v) is 2.88. The quantitative estimate of drug-likeness (QED) is 0.672. The fraction of sp³-hybridized carbons (Fsp3) is 0.111. The van der Waals surface area contributed by atoms with Crippen molar-refractivity contribution in [1.82, 2.24) is 15.2 Å². The van der Waals surface area contributed by atoms with Crippen molar-refractivity contribution in [3.63, 3.8) is 0 Å². The van der Waals surface area contributed by atoms with Crippen molar-refractivity contribution in [2.24, 2.45) is 0 Å². The first-order valence-electron chi connectivity index (χ1n) is 7.72. The third kappa shape index (κ3) is 4.07. The Morgan fingerprint density at radius 2 is 2.00 bits per heavy atom. The molecule has 0 saturated heterocycles. The number of thioether (sulfide) groups is 1. The van der Waals surface area contributed by atoms with Crippen LogP contribution in [0.3, 0.4) is 0 Å². The zero-order chi connectivity index (χ0) is 18.5. The molecule has 0 aliphatic carbocycles. The highest BCUT2D eigenvalue weighted by Crippen LogP contribution is 2.24. The number of aromatic nitrogens is 3. The number of carbonyl (C=O) groups is 1. The molecule has 0 radical (unpaired) electrons. The molecule has 6 nitrogen and oxygen atoms in total. The van der Waals surface area contributed by atoms with Gasteiger partial charge in [0.25, 0.3) is 0 Å². The van der Waals surface area contributed by atoms with Crippen molar-refractivity contribution in [3.05, 3.63) is 59.9 Å². The molecule has 0 aliphatic rings. The molecular weight excluding hydrogens is 353 g/mol. The Morgan fingerprint density at radius 1 is 1.27 bits per heavy atom. The number of hydrogen-bond donors (Lipinski definition) is 2. The Morgan fingerprint density at radius 3 is 2.69 bits per heavy atom. The first-order valence-corrected chi connectivity index (χ1v) is 8.60. The summed E-state index contributed by atoms with van der Waals surface area (Å²) in [7, 11) is 0.